The molecule has 24 heavy (non-hydrogen) atoms. The molecule has 0 radical (unpaired) electrons. The van der Waals surface area contributed by atoms with Crippen molar-refractivity contribution in [3.8, 4) is 11.4 Å². The van der Waals surface area contributed by atoms with E-state index < -0.39 is 0 Å². The zero-order valence-electron chi connectivity index (χ0n) is 14.9. The van der Waals surface area contributed by atoms with E-state index in [2.05, 4.69) is 41.8 Å². The van der Waals surface area contributed by atoms with Crippen molar-refractivity contribution in [2.24, 2.45) is 0 Å². The van der Waals surface area contributed by atoms with Crippen LogP contribution in [0, 0.1) is 0 Å². The van der Waals surface area contributed by atoms with Crippen molar-refractivity contribution >= 4 is 11.6 Å². The Labute approximate surface area is 145 Å². The molecule has 2 heterocycles. The molecule has 1 aromatic carbocycles. The second-order valence-electron chi connectivity index (χ2n) is 6.35. The highest BCUT2D eigenvalue weighted by atomic mass is 15.2. The lowest BCUT2D eigenvalue weighted by Crippen LogP contribution is -2.27. The van der Waals surface area contributed by atoms with Crippen LogP contribution in [0.2, 0.25) is 0 Å². The Kier molecular flexibility index (Phi) is 5.68. The van der Waals surface area contributed by atoms with Gasteiger partial charge in [-0.15, -0.1) is 0 Å². The minimum absolute atomic E-state index is 0.833. The summed E-state index contributed by atoms with van der Waals surface area (Å²) >= 11 is 0. The summed E-state index contributed by atoms with van der Waals surface area (Å²) in [5, 5.41) is 0. The lowest BCUT2D eigenvalue weighted by Gasteiger charge is -2.25. The fourth-order valence-electron chi connectivity index (χ4n) is 3.31. The van der Waals surface area contributed by atoms with Gasteiger partial charge in [-0.2, -0.15) is 0 Å². The van der Waals surface area contributed by atoms with E-state index in [1.807, 2.05) is 18.2 Å². The molecule has 4 heteroatoms. The maximum absolute atomic E-state index is 4.91. The van der Waals surface area contributed by atoms with Crippen LogP contribution in [0.4, 0.5) is 11.6 Å². The lowest BCUT2D eigenvalue weighted by atomic mass is 10.2. The summed E-state index contributed by atoms with van der Waals surface area (Å²) in [6.45, 7) is 8.48. The molecule has 0 saturated carbocycles. The number of nitrogens with zero attached hydrogens (tertiary/aromatic N) is 4. The summed E-state index contributed by atoms with van der Waals surface area (Å²) in [5.41, 5.74) is 1.09. The Morgan fingerprint density at radius 2 is 1.58 bits per heavy atom. The van der Waals surface area contributed by atoms with E-state index in [-0.39, 0.29) is 0 Å². The number of hydrogen-bond acceptors (Lipinski definition) is 4. The maximum Gasteiger partial charge on any atom is 0.163 e. The molecular weight excluding hydrogens is 296 g/mol. The topological polar surface area (TPSA) is 32.3 Å². The van der Waals surface area contributed by atoms with Gasteiger partial charge in [0.15, 0.2) is 5.82 Å². The van der Waals surface area contributed by atoms with E-state index >= 15 is 0 Å². The van der Waals surface area contributed by atoms with E-state index in [0.717, 1.165) is 49.2 Å². The first kappa shape index (κ1) is 16.7. The second-order valence-corrected chi connectivity index (χ2v) is 6.35. The van der Waals surface area contributed by atoms with Gasteiger partial charge >= 0.3 is 0 Å². The summed E-state index contributed by atoms with van der Waals surface area (Å²) < 4.78 is 0. The number of rotatable bonds is 5. The van der Waals surface area contributed by atoms with Crippen LogP contribution in [0.3, 0.4) is 0 Å². The molecule has 0 amide bonds. The lowest BCUT2D eigenvalue weighted by molar-refractivity contribution is 0.726. The average Bonchev–Trinajstić information content (AvgIpc) is 2.93. The minimum atomic E-state index is 0.833. The van der Waals surface area contributed by atoms with E-state index in [0.29, 0.717) is 0 Å². The van der Waals surface area contributed by atoms with Gasteiger partial charge in [0.25, 0.3) is 0 Å². The molecule has 0 N–H and O–H groups in total. The first-order valence-corrected chi connectivity index (χ1v) is 9.26. The van der Waals surface area contributed by atoms with E-state index in [4.69, 9.17) is 9.97 Å². The Morgan fingerprint density at radius 1 is 0.917 bits per heavy atom. The maximum atomic E-state index is 4.91. The first-order chi connectivity index (χ1) is 11.8. The molecule has 2 aromatic rings. The predicted molar refractivity (Wildman–Crippen MR) is 102 cm³/mol. The normalized spacial score (nSPS) is 15.2. The smallest absolute Gasteiger partial charge is 0.163 e. The largest absolute Gasteiger partial charge is 0.357 e. The van der Waals surface area contributed by atoms with E-state index in [1.54, 1.807) is 0 Å². The average molecular weight is 324 g/mol. The van der Waals surface area contributed by atoms with Crippen LogP contribution < -0.4 is 9.80 Å². The van der Waals surface area contributed by atoms with Gasteiger partial charge in [-0.1, -0.05) is 43.2 Å². The van der Waals surface area contributed by atoms with Crippen molar-refractivity contribution in [1.29, 1.82) is 0 Å². The van der Waals surface area contributed by atoms with Gasteiger partial charge in [0.2, 0.25) is 0 Å². The molecule has 0 unspecified atom stereocenters. The summed E-state index contributed by atoms with van der Waals surface area (Å²) in [6, 6.07) is 12.5. The zero-order valence-corrected chi connectivity index (χ0v) is 14.9. The number of anilines is 2. The molecule has 0 atom stereocenters. The van der Waals surface area contributed by atoms with Gasteiger partial charge in [-0.3, -0.25) is 0 Å². The minimum Gasteiger partial charge on any atom is -0.357 e. The van der Waals surface area contributed by atoms with Crippen LogP contribution in [0.1, 0.15) is 39.5 Å². The Balaban J connectivity index is 2.02. The molecule has 4 nitrogen and oxygen atoms in total. The zero-order chi connectivity index (χ0) is 16.8. The summed E-state index contributed by atoms with van der Waals surface area (Å²) in [7, 11) is 0. The SMILES string of the molecule is CCN(CC)c1cc(N2CCCCCC2)nc(-c2ccccc2)n1. The fourth-order valence-corrected chi connectivity index (χ4v) is 3.31. The highest BCUT2D eigenvalue weighted by Gasteiger charge is 2.16. The molecule has 128 valence electrons. The highest BCUT2D eigenvalue weighted by Crippen LogP contribution is 2.26. The Morgan fingerprint density at radius 3 is 2.21 bits per heavy atom. The quantitative estimate of drug-likeness (QED) is 0.817. The molecule has 0 aliphatic carbocycles. The molecule has 0 spiro atoms. The van der Waals surface area contributed by atoms with Crippen LogP contribution in [-0.2, 0) is 0 Å². The van der Waals surface area contributed by atoms with Crippen molar-refractivity contribution in [3.63, 3.8) is 0 Å². The van der Waals surface area contributed by atoms with Crippen molar-refractivity contribution in [2.45, 2.75) is 39.5 Å². The molecule has 1 aliphatic heterocycles. The molecule has 1 fully saturated rings. The molecule has 1 aliphatic rings. The molecule has 1 saturated heterocycles. The fraction of sp³-hybridized carbons (Fsp3) is 0.500. The standard InChI is InChI=1S/C20H28N4/c1-3-23(4-2)18-16-19(24-14-10-5-6-11-15-24)22-20(21-18)17-12-8-7-9-13-17/h7-9,12-13,16H,3-6,10-11,14-15H2,1-2H3. The number of benzene rings is 1. The van der Waals surface area contributed by atoms with Gasteiger partial charge in [0.1, 0.15) is 11.6 Å². The molecule has 1 aromatic heterocycles. The summed E-state index contributed by atoms with van der Waals surface area (Å²) in [5.74, 6) is 2.94. The second kappa shape index (κ2) is 8.13. The van der Waals surface area contributed by atoms with Crippen LogP contribution in [-0.4, -0.2) is 36.1 Å². The Bertz CT molecular complexity index is 629. The van der Waals surface area contributed by atoms with Gasteiger partial charge in [-0.05, 0) is 26.7 Å². The van der Waals surface area contributed by atoms with Crippen molar-refractivity contribution < 1.29 is 0 Å². The van der Waals surface area contributed by atoms with Crippen molar-refractivity contribution in [3.05, 3.63) is 36.4 Å². The molecule has 0 bridgehead atoms. The van der Waals surface area contributed by atoms with Crippen molar-refractivity contribution in [2.75, 3.05) is 36.0 Å². The van der Waals surface area contributed by atoms with Gasteiger partial charge in [0, 0.05) is 37.8 Å². The third-order valence-corrected chi connectivity index (χ3v) is 4.75. The number of aromatic nitrogens is 2. The van der Waals surface area contributed by atoms with Crippen LogP contribution in [0.15, 0.2) is 36.4 Å². The van der Waals surface area contributed by atoms with Crippen LogP contribution in [0.25, 0.3) is 11.4 Å². The Hall–Kier alpha value is -2.10. The van der Waals surface area contributed by atoms with E-state index in [1.165, 1.54) is 25.7 Å². The van der Waals surface area contributed by atoms with Crippen molar-refractivity contribution in [1.82, 2.24) is 9.97 Å². The molecular formula is C20H28N4. The number of hydrogen-bond donors (Lipinski definition) is 0. The predicted octanol–water partition coefficient (Wildman–Crippen LogP) is 4.37. The summed E-state index contributed by atoms with van der Waals surface area (Å²) in [4.78, 5) is 14.5. The van der Waals surface area contributed by atoms with Gasteiger partial charge in [-0.25, -0.2) is 9.97 Å². The van der Waals surface area contributed by atoms with Crippen LogP contribution in [0.5, 0.6) is 0 Å². The van der Waals surface area contributed by atoms with Gasteiger partial charge in [0.05, 0.1) is 0 Å². The van der Waals surface area contributed by atoms with E-state index in [9.17, 15) is 0 Å². The molecule has 3 rings (SSSR count). The third-order valence-electron chi connectivity index (χ3n) is 4.75. The monoisotopic (exact) mass is 324 g/mol. The highest BCUT2D eigenvalue weighted by molar-refractivity contribution is 5.62. The first-order valence-electron chi connectivity index (χ1n) is 9.26. The third kappa shape index (κ3) is 3.86. The van der Waals surface area contributed by atoms with Crippen LogP contribution >= 0.6 is 0 Å². The summed E-state index contributed by atoms with van der Waals surface area (Å²) in [6.07, 6.45) is 5.17. The van der Waals surface area contributed by atoms with Gasteiger partial charge < -0.3 is 9.80 Å².